The summed E-state index contributed by atoms with van der Waals surface area (Å²) >= 11 is 19.4. The molecule has 0 bridgehead atoms. The van der Waals surface area contributed by atoms with E-state index in [-0.39, 0.29) is 0 Å². The van der Waals surface area contributed by atoms with E-state index in [2.05, 4.69) is 24.8 Å². The van der Waals surface area contributed by atoms with Gasteiger partial charge in [-0.3, -0.25) is 9.47 Å². The van der Waals surface area contributed by atoms with Gasteiger partial charge in [0, 0.05) is 30.7 Å². The molecule has 0 saturated heterocycles. The SMILES string of the molecule is CCC(CC)c1ccc(Cl)c2nc(Oc3c(Cl)cc(Cl)c4c3CN(C)C4)n(C)c12. The molecule has 3 aromatic rings. The van der Waals surface area contributed by atoms with Gasteiger partial charge in [0.25, 0.3) is 0 Å². The predicted octanol–water partition coefficient (Wildman–Crippen LogP) is 7.17. The van der Waals surface area contributed by atoms with Crippen LogP contribution in [0.15, 0.2) is 18.2 Å². The summed E-state index contributed by atoms with van der Waals surface area (Å²) in [5.41, 5.74) is 5.09. The Morgan fingerprint density at radius 3 is 2.38 bits per heavy atom. The Morgan fingerprint density at radius 2 is 1.69 bits per heavy atom. The molecule has 2 aromatic carbocycles. The molecule has 4 nitrogen and oxygen atoms in total. The lowest BCUT2D eigenvalue weighted by Crippen LogP contribution is -2.08. The Labute approximate surface area is 186 Å². The van der Waals surface area contributed by atoms with Gasteiger partial charge in [-0.2, -0.15) is 4.98 Å². The predicted molar refractivity (Wildman–Crippen MR) is 121 cm³/mol. The zero-order valence-electron chi connectivity index (χ0n) is 17.0. The van der Waals surface area contributed by atoms with Crippen molar-refractivity contribution in [3.8, 4) is 11.8 Å². The fourth-order valence-electron chi connectivity index (χ4n) is 4.27. The molecule has 2 heterocycles. The summed E-state index contributed by atoms with van der Waals surface area (Å²) in [5, 5.41) is 1.78. The first-order valence-corrected chi connectivity index (χ1v) is 11.0. The first-order chi connectivity index (χ1) is 13.8. The van der Waals surface area contributed by atoms with Crippen molar-refractivity contribution in [3.05, 3.63) is 50.0 Å². The van der Waals surface area contributed by atoms with Crippen LogP contribution in [0.1, 0.15) is 49.3 Å². The Bertz CT molecular complexity index is 1090. The first-order valence-electron chi connectivity index (χ1n) is 9.86. The number of benzene rings is 2. The number of ether oxygens (including phenoxy) is 1. The largest absolute Gasteiger partial charge is 0.424 e. The lowest BCUT2D eigenvalue weighted by Gasteiger charge is -2.16. The number of hydrogen-bond acceptors (Lipinski definition) is 3. The number of hydrogen-bond donors (Lipinski definition) is 0. The van der Waals surface area contributed by atoms with E-state index < -0.39 is 0 Å². The van der Waals surface area contributed by atoms with Crippen molar-refractivity contribution >= 4 is 45.8 Å². The molecular formula is C22H24Cl3N3O. The summed E-state index contributed by atoms with van der Waals surface area (Å²) in [6, 6.07) is 6.26. The van der Waals surface area contributed by atoms with Gasteiger partial charge in [-0.15, -0.1) is 0 Å². The van der Waals surface area contributed by atoms with E-state index in [0.29, 0.717) is 32.7 Å². The molecule has 0 radical (unpaired) electrons. The fraction of sp³-hybridized carbons (Fsp3) is 0.409. The summed E-state index contributed by atoms with van der Waals surface area (Å²) in [4.78, 5) is 6.91. The molecule has 0 saturated carbocycles. The van der Waals surface area contributed by atoms with Crippen LogP contribution in [0, 0.1) is 0 Å². The van der Waals surface area contributed by atoms with Crippen LogP contribution >= 0.6 is 34.8 Å². The van der Waals surface area contributed by atoms with Gasteiger partial charge < -0.3 is 4.74 Å². The topological polar surface area (TPSA) is 30.3 Å². The molecule has 0 N–H and O–H groups in total. The fourth-order valence-corrected chi connectivity index (χ4v) is 5.07. The van der Waals surface area contributed by atoms with Gasteiger partial charge in [-0.25, -0.2) is 0 Å². The van der Waals surface area contributed by atoms with Crippen LogP contribution in [-0.2, 0) is 20.1 Å². The Kier molecular flexibility index (Phi) is 5.73. The van der Waals surface area contributed by atoms with Crippen LogP contribution in [0.25, 0.3) is 11.0 Å². The number of rotatable bonds is 5. The molecule has 0 spiro atoms. The van der Waals surface area contributed by atoms with Crippen LogP contribution in [0.3, 0.4) is 0 Å². The van der Waals surface area contributed by atoms with E-state index in [0.717, 1.165) is 48.1 Å². The first kappa shape index (κ1) is 20.8. The van der Waals surface area contributed by atoms with E-state index >= 15 is 0 Å². The van der Waals surface area contributed by atoms with Crippen molar-refractivity contribution in [2.24, 2.45) is 7.05 Å². The zero-order valence-corrected chi connectivity index (χ0v) is 19.3. The molecule has 154 valence electrons. The minimum absolute atomic E-state index is 0.440. The van der Waals surface area contributed by atoms with Crippen LogP contribution in [-0.4, -0.2) is 21.5 Å². The smallest absolute Gasteiger partial charge is 0.302 e. The third-order valence-corrected chi connectivity index (χ3v) is 6.76. The lowest BCUT2D eigenvalue weighted by molar-refractivity contribution is 0.347. The Balaban J connectivity index is 1.86. The van der Waals surface area contributed by atoms with E-state index in [1.807, 2.05) is 24.7 Å². The maximum Gasteiger partial charge on any atom is 0.302 e. The van der Waals surface area contributed by atoms with Gasteiger partial charge >= 0.3 is 6.01 Å². The molecule has 0 unspecified atom stereocenters. The lowest BCUT2D eigenvalue weighted by atomic mass is 9.93. The van der Waals surface area contributed by atoms with Crippen molar-refractivity contribution in [2.45, 2.75) is 45.7 Å². The third kappa shape index (κ3) is 3.50. The highest BCUT2D eigenvalue weighted by molar-refractivity contribution is 6.36. The van der Waals surface area contributed by atoms with Gasteiger partial charge in [0.15, 0.2) is 5.75 Å². The average molecular weight is 453 g/mol. The van der Waals surface area contributed by atoms with Gasteiger partial charge in [0.1, 0.15) is 5.52 Å². The second-order valence-corrected chi connectivity index (χ2v) is 8.92. The average Bonchev–Trinajstić information content (AvgIpc) is 3.23. The molecule has 0 aliphatic carbocycles. The molecule has 1 aliphatic heterocycles. The molecule has 0 amide bonds. The number of nitrogens with zero attached hydrogens (tertiary/aromatic N) is 3. The second-order valence-electron chi connectivity index (χ2n) is 7.70. The van der Waals surface area contributed by atoms with Crippen molar-refractivity contribution < 1.29 is 4.74 Å². The molecular weight excluding hydrogens is 429 g/mol. The Hall–Kier alpha value is -1.46. The minimum Gasteiger partial charge on any atom is -0.424 e. The summed E-state index contributed by atoms with van der Waals surface area (Å²) < 4.78 is 8.28. The number of aromatic nitrogens is 2. The molecule has 29 heavy (non-hydrogen) atoms. The monoisotopic (exact) mass is 451 g/mol. The molecule has 1 aromatic heterocycles. The van der Waals surface area contributed by atoms with Gasteiger partial charge in [0.05, 0.1) is 15.6 Å². The molecule has 4 rings (SSSR count). The van der Waals surface area contributed by atoms with Gasteiger partial charge in [-0.1, -0.05) is 54.7 Å². The van der Waals surface area contributed by atoms with Crippen LogP contribution in [0.5, 0.6) is 11.8 Å². The van der Waals surface area contributed by atoms with Crippen molar-refractivity contribution in [1.29, 1.82) is 0 Å². The van der Waals surface area contributed by atoms with Crippen molar-refractivity contribution in [1.82, 2.24) is 14.5 Å². The number of halogens is 3. The van der Waals surface area contributed by atoms with E-state index in [9.17, 15) is 0 Å². The van der Waals surface area contributed by atoms with E-state index in [1.165, 1.54) is 5.56 Å². The quantitative estimate of drug-likeness (QED) is 0.411. The second kappa shape index (κ2) is 7.99. The van der Waals surface area contributed by atoms with Gasteiger partial charge in [0.2, 0.25) is 0 Å². The van der Waals surface area contributed by atoms with Crippen molar-refractivity contribution in [3.63, 3.8) is 0 Å². The molecule has 7 heteroatoms. The maximum absolute atomic E-state index is 6.53. The van der Waals surface area contributed by atoms with Crippen molar-refractivity contribution in [2.75, 3.05) is 7.05 Å². The number of imidazole rings is 1. The maximum atomic E-state index is 6.53. The number of aryl methyl sites for hydroxylation is 1. The highest BCUT2D eigenvalue weighted by Gasteiger charge is 2.27. The van der Waals surface area contributed by atoms with Gasteiger partial charge in [-0.05, 0) is 49.1 Å². The molecule has 0 fully saturated rings. The highest BCUT2D eigenvalue weighted by Crippen LogP contribution is 2.43. The highest BCUT2D eigenvalue weighted by atomic mass is 35.5. The standard InChI is InChI=1S/C22H24Cl3N3O/c1-5-12(6-2)13-7-8-16(23)19-20(13)28(4)22(26-19)29-21-15-11-27(3)10-14(15)17(24)9-18(21)25/h7-9,12H,5-6,10-11H2,1-4H3. The summed E-state index contributed by atoms with van der Waals surface area (Å²) in [6.07, 6.45) is 2.11. The Morgan fingerprint density at radius 1 is 1.00 bits per heavy atom. The summed E-state index contributed by atoms with van der Waals surface area (Å²) in [7, 11) is 4.01. The minimum atomic E-state index is 0.440. The normalized spacial score (nSPS) is 14.2. The van der Waals surface area contributed by atoms with Crippen LogP contribution < -0.4 is 4.74 Å². The van der Waals surface area contributed by atoms with Crippen LogP contribution in [0.2, 0.25) is 15.1 Å². The molecule has 0 atom stereocenters. The van der Waals surface area contributed by atoms with E-state index in [4.69, 9.17) is 44.5 Å². The third-order valence-electron chi connectivity index (χ3n) is 5.83. The van der Waals surface area contributed by atoms with Crippen LogP contribution in [0.4, 0.5) is 0 Å². The number of fused-ring (bicyclic) bond motifs is 2. The summed E-state index contributed by atoms with van der Waals surface area (Å²) in [6.45, 7) is 5.91. The summed E-state index contributed by atoms with van der Waals surface area (Å²) in [5.74, 6) is 1.06. The zero-order chi connectivity index (χ0) is 20.9. The molecule has 1 aliphatic rings. The van der Waals surface area contributed by atoms with E-state index in [1.54, 1.807) is 6.07 Å².